The predicted molar refractivity (Wildman–Crippen MR) is 77.7 cm³/mol. The van der Waals surface area contributed by atoms with Crippen LogP contribution in [0.4, 0.5) is 0 Å². The van der Waals surface area contributed by atoms with Gasteiger partial charge in [-0.25, -0.2) is 0 Å². The maximum Gasteiger partial charge on any atom is 0.143 e. The van der Waals surface area contributed by atoms with Crippen LogP contribution in [-0.4, -0.2) is 23.0 Å². The van der Waals surface area contributed by atoms with Gasteiger partial charge in [-0.1, -0.05) is 17.7 Å². The summed E-state index contributed by atoms with van der Waals surface area (Å²) in [5, 5.41) is 10.2. The van der Waals surface area contributed by atoms with Crippen molar-refractivity contribution in [3.05, 3.63) is 53.9 Å². The van der Waals surface area contributed by atoms with Gasteiger partial charge in [0.25, 0.3) is 0 Å². The lowest BCUT2D eigenvalue weighted by atomic mass is 10.2. The van der Waals surface area contributed by atoms with Crippen molar-refractivity contribution in [2.24, 2.45) is 0 Å². The summed E-state index contributed by atoms with van der Waals surface area (Å²) in [6, 6.07) is 11.8. The molecule has 19 heavy (non-hydrogen) atoms. The quantitative estimate of drug-likeness (QED) is 0.851. The molecule has 0 fully saturated rings. The van der Waals surface area contributed by atoms with Gasteiger partial charge in [0.05, 0.1) is 7.11 Å². The molecule has 2 aromatic rings. The number of methoxy groups -OCH3 is 1. The third kappa shape index (κ3) is 3.72. The van der Waals surface area contributed by atoms with Crippen LogP contribution in [0.25, 0.3) is 0 Å². The van der Waals surface area contributed by atoms with E-state index in [1.807, 2.05) is 6.07 Å². The number of ether oxygens (including phenoxy) is 1. The number of pyridine rings is 1. The minimum atomic E-state index is -0.637. The van der Waals surface area contributed by atoms with Gasteiger partial charge in [0.1, 0.15) is 17.5 Å². The van der Waals surface area contributed by atoms with Crippen LogP contribution in [0.15, 0.2) is 47.5 Å². The molecule has 4 heteroatoms. The van der Waals surface area contributed by atoms with Crippen LogP contribution in [0.2, 0.25) is 0 Å². The number of thioether (sulfide) groups is 1. The number of rotatable bonds is 5. The highest BCUT2D eigenvalue weighted by Crippen LogP contribution is 2.28. The smallest absolute Gasteiger partial charge is 0.143 e. The molecule has 1 heterocycles. The molecule has 0 radical (unpaired) electrons. The van der Waals surface area contributed by atoms with Gasteiger partial charge in [0.15, 0.2) is 0 Å². The Bertz CT molecular complexity index is 528. The zero-order valence-corrected chi connectivity index (χ0v) is 11.9. The molecule has 0 bridgehead atoms. The Morgan fingerprint density at radius 1 is 1.26 bits per heavy atom. The molecule has 0 amide bonds. The molecule has 0 aliphatic heterocycles. The first-order chi connectivity index (χ1) is 9.20. The van der Waals surface area contributed by atoms with E-state index in [4.69, 9.17) is 4.74 Å². The van der Waals surface area contributed by atoms with E-state index in [1.54, 1.807) is 31.1 Å². The maximum atomic E-state index is 10.2. The van der Waals surface area contributed by atoms with E-state index in [-0.39, 0.29) is 0 Å². The van der Waals surface area contributed by atoms with E-state index < -0.39 is 6.10 Å². The molecule has 1 unspecified atom stereocenters. The fourth-order valence-electron chi connectivity index (χ4n) is 1.71. The van der Waals surface area contributed by atoms with Gasteiger partial charge in [-0.05, 0) is 31.2 Å². The van der Waals surface area contributed by atoms with Crippen molar-refractivity contribution in [1.82, 2.24) is 4.98 Å². The van der Waals surface area contributed by atoms with Crippen LogP contribution >= 0.6 is 11.8 Å². The zero-order chi connectivity index (χ0) is 13.7. The summed E-state index contributed by atoms with van der Waals surface area (Å²) in [6.07, 6.45) is 1.03. The monoisotopic (exact) mass is 275 g/mol. The molecule has 100 valence electrons. The number of aromatic nitrogens is 1. The SMILES string of the molecule is COc1cccnc1C(O)CSc1ccc(C)cc1. The van der Waals surface area contributed by atoms with Gasteiger partial charge in [-0.2, -0.15) is 0 Å². The molecule has 0 aliphatic rings. The summed E-state index contributed by atoms with van der Waals surface area (Å²) in [5.41, 5.74) is 1.82. The fraction of sp³-hybridized carbons (Fsp3) is 0.267. The van der Waals surface area contributed by atoms with Crippen molar-refractivity contribution in [2.45, 2.75) is 17.9 Å². The molecule has 1 aromatic carbocycles. The van der Waals surface area contributed by atoms with Crippen LogP contribution in [0.5, 0.6) is 5.75 Å². The Morgan fingerprint density at radius 3 is 2.68 bits per heavy atom. The molecule has 0 saturated heterocycles. The second kappa shape index (κ2) is 6.59. The highest BCUT2D eigenvalue weighted by Gasteiger charge is 2.14. The first-order valence-electron chi connectivity index (χ1n) is 6.07. The number of aliphatic hydroxyl groups excluding tert-OH is 1. The number of nitrogens with zero attached hydrogens (tertiary/aromatic N) is 1. The Balaban J connectivity index is 2.01. The first-order valence-corrected chi connectivity index (χ1v) is 7.05. The summed E-state index contributed by atoms with van der Waals surface area (Å²) in [7, 11) is 1.58. The molecule has 1 atom stereocenters. The van der Waals surface area contributed by atoms with Crippen molar-refractivity contribution >= 4 is 11.8 Å². The van der Waals surface area contributed by atoms with E-state index in [1.165, 1.54) is 5.56 Å². The number of aliphatic hydroxyl groups is 1. The number of hydrogen-bond donors (Lipinski definition) is 1. The Morgan fingerprint density at radius 2 is 2.00 bits per heavy atom. The summed E-state index contributed by atoms with van der Waals surface area (Å²) in [4.78, 5) is 5.33. The Labute approximate surface area is 117 Å². The average Bonchev–Trinajstić information content (AvgIpc) is 2.46. The average molecular weight is 275 g/mol. The molecule has 0 spiro atoms. The van der Waals surface area contributed by atoms with E-state index in [9.17, 15) is 5.11 Å². The summed E-state index contributed by atoms with van der Waals surface area (Å²) in [6.45, 7) is 2.06. The molecule has 2 rings (SSSR count). The number of hydrogen-bond acceptors (Lipinski definition) is 4. The highest BCUT2D eigenvalue weighted by molar-refractivity contribution is 7.99. The Kier molecular flexibility index (Phi) is 4.82. The van der Waals surface area contributed by atoms with Gasteiger partial charge >= 0.3 is 0 Å². The number of benzene rings is 1. The van der Waals surface area contributed by atoms with Gasteiger partial charge in [-0.15, -0.1) is 11.8 Å². The largest absolute Gasteiger partial charge is 0.495 e. The number of aryl methyl sites for hydroxylation is 1. The minimum absolute atomic E-state index is 0.552. The van der Waals surface area contributed by atoms with Crippen LogP contribution in [0.3, 0.4) is 0 Å². The Hall–Kier alpha value is -1.52. The van der Waals surface area contributed by atoms with Crippen LogP contribution < -0.4 is 4.74 Å². The van der Waals surface area contributed by atoms with Crippen molar-refractivity contribution in [1.29, 1.82) is 0 Å². The normalized spacial score (nSPS) is 12.2. The molecule has 1 N–H and O–H groups in total. The molecule has 0 saturated carbocycles. The molecule has 1 aromatic heterocycles. The molecular formula is C15H17NO2S. The van der Waals surface area contributed by atoms with Gasteiger partial charge < -0.3 is 9.84 Å². The fourth-order valence-corrected chi connectivity index (χ4v) is 2.55. The zero-order valence-electron chi connectivity index (χ0n) is 11.0. The second-order valence-electron chi connectivity index (χ2n) is 4.23. The highest BCUT2D eigenvalue weighted by atomic mass is 32.2. The first kappa shape index (κ1) is 13.9. The van der Waals surface area contributed by atoms with Crippen LogP contribution in [0, 0.1) is 6.92 Å². The molecule has 3 nitrogen and oxygen atoms in total. The van der Waals surface area contributed by atoms with Crippen molar-refractivity contribution in [3.8, 4) is 5.75 Å². The van der Waals surface area contributed by atoms with Crippen molar-refractivity contribution in [3.63, 3.8) is 0 Å². The summed E-state index contributed by atoms with van der Waals surface area (Å²) < 4.78 is 5.20. The second-order valence-corrected chi connectivity index (χ2v) is 5.32. The van der Waals surface area contributed by atoms with Gasteiger partial charge in [0, 0.05) is 16.8 Å². The van der Waals surface area contributed by atoms with Crippen molar-refractivity contribution < 1.29 is 9.84 Å². The van der Waals surface area contributed by atoms with E-state index in [0.717, 1.165) is 4.90 Å². The van der Waals surface area contributed by atoms with E-state index >= 15 is 0 Å². The minimum Gasteiger partial charge on any atom is -0.495 e. The molecular weight excluding hydrogens is 258 g/mol. The van der Waals surface area contributed by atoms with Crippen LogP contribution in [-0.2, 0) is 0 Å². The van der Waals surface area contributed by atoms with Gasteiger partial charge in [-0.3, -0.25) is 4.98 Å². The molecule has 0 aliphatic carbocycles. The maximum absolute atomic E-state index is 10.2. The van der Waals surface area contributed by atoms with E-state index in [0.29, 0.717) is 17.2 Å². The van der Waals surface area contributed by atoms with Crippen LogP contribution in [0.1, 0.15) is 17.4 Å². The van der Waals surface area contributed by atoms with E-state index in [2.05, 4.69) is 36.2 Å². The standard InChI is InChI=1S/C15H17NO2S/c1-11-5-7-12(8-6-11)19-10-13(17)15-14(18-2)4-3-9-16-15/h3-9,13,17H,10H2,1-2H3. The topological polar surface area (TPSA) is 42.4 Å². The third-order valence-corrected chi connectivity index (χ3v) is 3.85. The lowest BCUT2D eigenvalue weighted by molar-refractivity contribution is 0.193. The summed E-state index contributed by atoms with van der Waals surface area (Å²) >= 11 is 1.61. The lowest BCUT2D eigenvalue weighted by Gasteiger charge is -2.13. The lowest BCUT2D eigenvalue weighted by Crippen LogP contribution is -2.05. The third-order valence-electron chi connectivity index (χ3n) is 2.76. The predicted octanol–water partition coefficient (Wildman–Crippen LogP) is 3.22. The summed E-state index contributed by atoms with van der Waals surface area (Å²) in [5.74, 6) is 1.18. The van der Waals surface area contributed by atoms with Crippen molar-refractivity contribution in [2.75, 3.05) is 12.9 Å². The van der Waals surface area contributed by atoms with Gasteiger partial charge in [0.2, 0.25) is 0 Å².